The van der Waals surface area contributed by atoms with E-state index in [9.17, 15) is 14.5 Å². The molecule has 34 heavy (non-hydrogen) atoms. The summed E-state index contributed by atoms with van der Waals surface area (Å²) < 4.78 is 24.2. The Bertz CT molecular complexity index is 1090. The van der Waals surface area contributed by atoms with Gasteiger partial charge >= 0.3 is 7.60 Å². The van der Waals surface area contributed by atoms with Crippen LogP contribution >= 0.6 is 19.4 Å². The van der Waals surface area contributed by atoms with E-state index in [-0.39, 0.29) is 37.2 Å². The molecule has 0 aromatic heterocycles. The van der Waals surface area contributed by atoms with Gasteiger partial charge in [0.05, 0.1) is 23.8 Å². The quantitative estimate of drug-likeness (QED) is 0.285. The standard InChI is InChI=1S/C26H34NO5PS/c1-7-31-33(30,32-8-2)16-27-22-11-9-10-12-23(22)34-24(26(27)29)15-19-13-20(17(3)4)25(28)21(14-19)18(5)6/h9-15,17-18,28H,7-8,16H2,1-6H3. The number of aromatic hydroxyl groups is 1. The highest BCUT2D eigenvalue weighted by atomic mass is 32.2. The van der Waals surface area contributed by atoms with Crippen molar-refractivity contribution in [3.63, 3.8) is 0 Å². The number of anilines is 1. The number of thioether (sulfide) groups is 1. The molecule has 0 fully saturated rings. The molecule has 1 aliphatic rings. The number of phenolic OH excluding ortho intramolecular Hbond substituents is 1. The van der Waals surface area contributed by atoms with Gasteiger partial charge in [0, 0.05) is 4.90 Å². The van der Waals surface area contributed by atoms with E-state index in [0.29, 0.717) is 16.3 Å². The van der Waals surface area contributed by atoms with Gasteiger partial charge in [-0.2, -0.15) is 0 Å². The van der Waals surface area contributed by atoms with Crippen LogP contribution in [0.1, 0.15) is 70.1 Å². The first-order valence-electron chi connectivity index (χ1n) is 11.7. The number of para-hydroxylation sites is 1. The first-order valence-corrected chi connectivity index (χ1v) is 14.2. The topological polar surface area (TPSA) is 76.1 Å². The number of benzene rings is 2. The number of amides is 1. The molecular weight excluding hydrogens is 469 g/mol. The van der Waals surface area contributed by atoms with E-state index in [0.717, 1.165) is 21.6 Å². The van der Waals surface area contributed by atoms with E-state index in [1.807, 2.05) is 70.2 Å². The molecule has 0 spiro atoms. The molecule has 2 aromatic rings. The predicted octanol–water partition coefficient (Wildman–Crippen LogP) is 7.34. The minimum absolute atomic E-state index is 0.131. The van der Waals surface area contributed by atoms with Gasteiger partial charge in [-0.15, -0.1) is 0 Å². The normalized spacial score (nSPS) is 15.5. The van der Waals surface area contributed by atoms with Gasteiger partial charge in [0.25, 0.3) is 5.91 Å². The highest BCUT2D eigenvalue weighted by Gasteiger charge is 2.36. The lowest BCUT2D eigenvalue weighted by atomic mass is 9.91. The van der Waals surface area contributed by atoms with Crippen LogP contribution in [0.4, 0.5) is 5.69 Å². The number of phenols is 1. The third-order valence-corrected chi connectivity index (χ3v) is 8.54. The number of fused-ring (bicyclic) bond motifs is 1. The molecule has 0 unspecified atom stereocenters. The monoisotopic (exact) mass is 503 g/mol. The molecule has 1 amide bonds. The fourth-order valence-electron chi connectivity index (χ4n) is 3.91. The second-order valence-electron chi connectivity index (χ2n) is 8.76. The molecule has 0 radical (unpaired) electrons. The third kappa shape index (κ3) is 5.77. The van der Waals surface area contributed by atoms with Crippen molar-refractivity contribution in [2.24, 2.45) is 0 Å². The molecule has 6 nitrogen and oxygen atoms in total. The van der Waals surface area contributed by atoms with Gasteiger partial charge in [-0.3, -0.25) is 14.3 Å². The number of carbonyl (C=O) groups excluding carboxylic acids is 1. The van der Waals surface area contributed by atoms with Gasteiger partial charge in [-0.05, 0) is 72.7 Å². The van der Waals surface area contributed by atoms with Gasteiger partial charge in [-0.1, -0.05) is 51.6 Å². The average molecular weight is 504 g/mol. The van der Waals surface area contributed by atoms with Crippen molar-refractivity contribution in [3.8, 4) is 5.75 Å². The van der Waals surface area contributed by atoms with Crippen LogP contribution in [0.5, 0.6) is 5.75 Å². The minimum Gasteiger partial charge on any atom is -0.507 e. The van der Waals surface area contributed by atoms with Gasteiger partial charge in [0.2, 0.25) is 0 Å². The van der Waals surface area contributed by atoms with Gasteiger partial charge in [-0.25, -0.2) is 0 Å². The van der Waals surface area contributed by atoms with Crippen LogP contribution in [0.2, 0.25) is 0 Å². The second kappa shape index (κ2) is 11.1. The number of hydrogen-bond donors (Lipinski definition) is 1. The minimum atomic E-state index is -3.50. The largest absolute Gasteiger partial charge is 0.507 e. The molecule has 2 aromatic carbocycles. The van der Waals surface area contributed by atoms with Crippen molar-refractivity contribution < 1.29 is 23.5 Å². The average Bonchev–Trinajstić information content (AvgIpc) is 2.77. The zero-order chi connectivity index (χ0) is 25.0. The summed E-state index contributed by atoms with van der Waals surface area (Å²) in [6, 6.07) is 11.4. The van der Waals surface area contributed by atoms with Gasteiger partial charge in [0.1, 0.15) is 12.0 Å². The van der Waals surface area contributed by atoms with Crippen LogP contribution < -0.4 is 4.90 Å². The van der Waals surface area contributed by atoms with Crippen LogP contribution in [-0.4, -0.2) is 30.5 Å². The fraction of sp³-hybridized carbons (Fsp3) is 0.423. The Kier molecular flexibility index (Phi) is 8.69. The Labute approximate surface area is 206 Å². The fourth-order valence-corrected chi connectivity index (χ4v) is 6.62. The van der Waals surface area contributed by atoms with E-state index in [4.69, 9.17) is 9.05 Å². The van der Waals surface area contributed by atoms with Crippen molar-refractivity contribution in [1.82, 2.24) is 0 Å². The summed E-state index contributed by atoms with van der Waals surface area (Å²) in [4.78, 5) is 16.5. The molecule has 3 rings (SSSR count). The lowest BCUT2D eigenvalue weighted by Crippen LogP contribution is -2.35. The van der Waals surface area contributed by atoms with Crippen LogP contribution in [0, 0.1) is 0 Å². The van der Waals surface area contributed by atoms with E-state index < -0.39 is 7.60 Å². The van der Waals surface area contributed by atoms with Crippen LogP contribution in [-0.2, 0) is 18.4 Å². The molecule has 1 heterocycles. The summed E-state index contributed by atoms with van der Waals surface area (Å²) in [7, 11) is -3.50. The lowest BCUT2D eigenvalue weighted by molar-refractivity contribution is -0.114. The highest BCUT2D eigenvalue weighted by Crippen LogP contribution is 2.52. The summed E-state index contributed by atoms with van der Waals surface area (Å²) in [5, 5.41) is 10.8. The maximum absolute atomic E-state index is 13.6. The van der Waals surface area contributed by atoms with Crippen LogP contribution in [0.3, 0.4) is 0 Å². The molecule has 0 saturated heterocycles. The first-order chi connectivity index (χ1) is 16.1. The van der Waals surface area contributed by atoms with E-state index in [1.165, 1.54) is 16.7 Å². The molecule has 0 bridgehead atoms. The molecule has 0 aliphatic carbocycles. The summed E-state index contributed by atoms with van der Waals surface area (Å²) in [6.45, 7) is 12.1. The zero-order valence-electron chi connectivity index (χ0n) is 20.7. The van der Waals surface area contributed by atoms with Crippen molar-refractivity contribution in [2.45, 2.75) is 58.3 Å². The van der Waals surface area contributed by atoms with E-state index in [2.05, 4.69) is 0 Å². The van der Waals surface area contributed by atoms with E-state index >= 15 is 0 Å². The van der Waals surface area contributed by atoms with Gasteiger partial charge < -0.3 is 14.2 Å². The number of carbonyl (C=O) groups is 1. The Hall–Kier alpha value is -2.05. The Morgan fingerprint density at radius 3 is 2.12 bits per heavy atom. The van der Waals surface area contributed by atoms with E-state index in [1.54, 1.807) is 13.8 Å². The summed E-state index contributed by atoms with van der Waals surface area (Å²) in [5.74, 6) is 0.321. The number of rotatable bonds is 9. The van der Waals surface area contributed by atoms with Crippen molar-refractivity contribution in [2.75, 3.05) is 24.4 Å². The van der Waals surface area contributed by atoms with Crippen molar-refractivity contribution in [3.05, 3.63) is 58.0 Å². The number of hydrogen-bond acceptors (Lipinski definition) is 6. The maximum Gasteiger partial charge on any atom is 0.350 e. The molecule has 1 N–H and O–H groups in total. The van der Waals surface area contributed by atoms with Crippen LogP contribution in [0.25, 0.3) is 6.08 Å². The summed E-state index contributed by atoms with van der Waals surface area (Å²) in [6.07, 6.45) is 1.69. The molecule has 0 atom stereocenters. The molecule has 0 saturated carbocycles. The molecule has 184 valence electrons. The van der Waals surface area contributed by atoms with Crippen molar-refractivity contribution in [1.29, 1.82) is 0 Å². The zero-order valence-corrected chi connectivity index (χ0v) is 22.4. The maximum atomic E-state index is 13.6. The van der Waals surface area contributed by atoms with Crippen LogP contribution in [0.15, 0.2) is 46.2 Å². The number of nitrogens with zero attached hydrogens (tertiary/aromatic N) is 1. The van der Waals surface area contributed by atoms with Crippen molar-refractivity contribution >= 4 is 37.0 Å². The summed E-state index contributed by atoms with van der Waals surface area (Å²) >= 11 is 1.39. The third-order valence-electron chi connectivity index (χ3n) is 5.53. The first kappa shape index (κ1) is 26.6. The molecule has 1 aliphatic heterocycles. The molecular formula is C26H34NO5PS. The lowest BCUT2D eigenvalue weighted by Gasteiger charge is -2.32. The Morgan fingerprint density at radius 2 is 1.59 bits per heavy atom. The second-order valence-corrected chi connectivity index (χ2v) is 11.9. The SMILES string of the molecule is CCOP(=O)(CN1C(=O)C(=Cc2cc(C(C)C)c(O)c(C(C)C)c2)Sc2ccccc21)OCC. The molecule has 8 heteroatoms. The van der Waals surface area contributed by atoms with Gasteiger partial charge in [0.15, 0.2) is 0 Å². The smallest absolute Gasteiger partial charge is 0.350 e. The Balaban J connectivity index is 2.09. The highest BCUT2D eigenvalue weighted by molar-refractivity contribution is 8.04. The predicted molar refractivity (Wildman–Crippen MR) is 140 cm³/mol. The Morgan fingerprint density at radius 1 is 1.03 bits per heavy atom. The summed E-state index contributed by atoms with van der Waals surface area (Å²) in [5.41, 5.74) is 3.23.